The molecule has 20 heavy (non-hydrogen) atoms. The van der Waals surface area contributed by atoms with Gasteiger partial charge in [0.15, 0.2) is 0 Å². The van der Waals surface area contributed by atoms with Crippen molar-refractivity contribution in [3.63, 3.8) is 0 Å². The molecule has 0 aromatic heterocycles. The van der Waals surface area contributed by atoms with Crippen molar-refractivity contribution in [2.24, 2.45) is 5.92 Å². The minimum atomic E-state index is -3.46. The van der Waals surface area contributed by atoms with E-state index in [2.05, 4.69) is 0 Å². The molecular formula is C15H24N2O2S. The Morgan fingerprint density at radius 3 is 2.45 bits per heavy atom. The molecule has 1 aromatic rings. The summed E-state index contributed by atoms with van der Waals surface area (Å²) in [5.74, 6) is 0.497. The normalized spacial score (nSPS) is 17.0. The van der Waals surface area contributed by atoms with Crippen LogP contribution in [0.3, 0.4) is 0 Å². The van der Waals surface area contributed by atoms with Gasteiger partial charge in [-0.15, -0.1) is 0 Å². The number of benzene rings is 1. The molecule has 0 aliphatic heterocycles. The monoisotopic (exact) mass is 296 g/mol. The van der Waals surface area contributed by atoms with E-state index in [1.54, 1.807) is 26.1 Å². The van der Waals surface area contributed by atoms with Gasteiger partial charge in [-0.3, -0.25) is 0 Å². The van der Waals surface area contributed by atoms with Crippen molar-refractivity contribution in [2.75, 3.05) is 19.3 Å². The first kappa shape index (κ1) is 15.3. The molecule has 0 unspecified atom stereocenters. The van der Waals surface area contributed by atoms with Gasteiger partial charge in [-0.1, -0.05) is 18.9 Å². The summed E-state index contributed by atoms with van der Waals surface area (Å²) in [5, 5.41) is 0. The molecule has 1 aromatic carbocycles. The highest BCUT2D eigenvalue weighted by Gasteiger charge is 2.28. The molecule has 2 N–H and O–H groups in total. The van der Waals surface area contributed by atoms with Crippen LogP contribution in [0.25, 0.3) is 0 Å². The second kappa shape index (κ2) is 5.74. The number of hydrogen-bond acceptors (Lipinski definition) is 3. The third-order valence-corrected chi connectivity index (χ3v) is 6.42. The van der Waals surface area contributed by atoms with E-state index in [1.807, 2.05) is 6.92 Å². The minimum Gasteiger partial charge on any atom is -0.398 e. The van der Waals surface area contributed by atoms with Crippen LogP contribution in [0.15, 0.2) is 17.0 Å². The van der Waals surface area contributed by atoms with Crippen LogP contribution in [0.1, 0.15) is 36.8 Å². The lowest BCUT2D eigenvalue weighted by atomic mass is 10.1. The first-order chi connectivity index (χ1) is 9.34. The molecule has 0 atom stereocenters. The molecule has 2 rings (SSSR count). The van der Waals surface area contributed by atoms with Crippen molar-refractivity contribution in [1.29, 1.82) is 0 Å². The van der Waals surface area contributed by atoms with Crippen LogP contribution in [0, 0.1) is 19.8 Å². The van der Waals surface area contributed by atoms with Crippen molar-refractivity contribution >= 4 is 15.7 Å². The molecule has 1 saturated carbocycles. The van der Waals surface area contributed by atoms with Gasteiger partial charge in [-0.25, -0.2) is 12.7 Å². The van der Waals surface area contributed by atoms with Gasteiger partial charge in [-0.2, -0.15) is 0 Å². The van der Waals surface area contributed by atoms with Gasteiger partial charge < -0.3 is 5.73 Å². The number of nitrogens with zero attached hydrogens (tertiary/aromatic N) is 1. The van der Waals surface area contributed by atoms with Crippen LogP contribution in [0.4, 0.5) is 5.69 Å². The zero-order chi connectivity index (χ0) is 14.9. The van der Waals surface area contributed by atoms with E-state index in [0.29, 0.717) is 28.6 Å². The van der Waals surface area contributed by atoms with Crippen molar-refractivity contribution < 1.29 is 8.42 Å². The Morgan fingerprint density at radius 1 is 1.25 bits per heavy atom. The second-order valence-corrected chi connectivity index (χ2v) is 7.84. The maximum atomic E-state index is 12.8. The van der Waals surface area contributed by atoms with Crippen LogP contribution in [0.5, 0.6) is 0 Å². The fraction of sp³-hybridized carbons (Fsp3) is 0.600. The smallest absolute Gasteiger partial charge is 0.243 e. The third-order valence-electron chi connectivity index (χ3n) is 4.30. The Bertz CT molecular complexity index is 590. The van der Waals surface area contributed by atoms with Crippen molar-refractivity contribution in [3.8, 4) is 0 Å². The minimum absolute atomic E-state index is 0.373. The van der Waals surface area contributed by atoms with Crippen LogP contribution >= 0.6 is 0 Å². The summed E-state index contributed by atoms with van der Waals surface area (Å²) in [5.41, 5.74) is 7.81. The predicted octanol–water partition coefficient (Wildman–Crippen LogP) is 2.70. The number of aryl methyl sites for hydroxylation is 1. The molecule has 5 heteroatoms. The Hall–Kier alpha value is -1.07. The summed E-state index contributed by atoms with van der Waals surface area (Å²) >= 11 is 0. The van der Waals surface area contributed by atoms with Gasteiger partial charge in [0.2, 0.25) is 10.0 Å². The van der Waals surface area contributed by atoms with Crippen molar-refractivity contribution in [1.82, 2.24) is 4.31 Å². The Balaban J connectivity index is 2.32. The molecule has 0 amide bonds. The van der Waals surface area contributed by atoms with Crippen molar-refractivity contribution in [2.45, 2.75) is 44.4 Å². The Morgan fingerprint density at radius 2 is 1.85 bits per heavy atom. The topological polar surface area (TPSA) is 63.4 Å². The Labute approximate surface area is 122 Å². The summed E-state index contributed by atoms with van der Waals surface area (Å²) in [6.07, 6.45) is 4.70. The number of sulfonamides is 1. The van der Waals surface area contributed by atoms with Gasteiger partial charge in [0.1, 0.15) is 0 Å². The molecule has 0 heterocycles. The molecule has 0 radical (unpaired) electrons. The summed E-state index contributed by atoms with van der Waals surface area (Å²) in [6, 6.07) is 3.54. The molecule has 0 spiro atoms. The first-order valence-corrected chi connectivity index (χ1v) is 8.60. The number of hydrogen-bond donors (Lipinski definition) is 1. The largest absolute Gasteiger partial charge is 0.398 e. The molecule has 1 aliphatic carbocycles. The average Bonchev–Trinajstić information content (AvgIpc) is 2.87. The lowest BCUT2D eigenvalue weighted by Crippen LogP contribution is -2.32. The second-order valence-electron chi connectivity index (χ2n) is 5.86. The van der Waals surface area contributed by atoms with Crippen molar-refractivity contribution in [3.05, 3.63) is 23.3 Å². The number of anilines is 1. The molecule has 112 valence electrons. The van der Waals surface area contributed by atoms with Gasteiger partial charge >= 0.3 is 0 Å². The zero-order valence-electron chi connectivity index (χ0n) is 12.5. The zero-order valence-corrected chi connectivity index (χ0v) is 13.3. The van der Waals surface area contributed by atoms with Gasteiger partial charge in [0, 0.05) is 19.3 Å². The first-order valence-electron chi connectivity index (χ1n) is 7.16. The van der Waals surface area contributed by atoms with E-state index in [0.717, 1.165) is 18.4 Å². The summed E-state index contributed by atoms with van der Waals surface area (Å²) < 4.78 is 27.1. The quantitative estimate of drug-likeness (QED) is 0.869. The lowest BCUT2D eigenvalue weighted by molar-refractivity contribution is 0.387. The van der Waals surface area contributed by atoms with Gasteiger partial charge in [0.25, 0.3) is 0 Å². The number of nitrogen functional groups attached to an aromatic ring is 1. The molecule has 1 aliphatic rings. The summed E-state index contributed by atoms with van der Waals surface area (Å²) in [7, 11) is -1.78. The van der Waals surface area contributed by atoms with Gasteiger partial charge in [-0.05, 0) is 49.8 Å². The van der Waals surface area contributed by atoms with E-state index in [9.17, 15) is 8.42 Å². The van der Waals surface area contributed by atoms with Gasteiger partial charge in [0.05, 0.1) is 4.90 Å². The highest BCUT2D eigenvalue weighted by Crippen LogP contribution is 2.30. The molecule has 4 nitrogen and oxygen atoms in total. The average molecular weight is 296 g/mol. The van der Waals surface area contributed by atoms with Crippen LogP contribution in [0.2, 0.25) is 0 Å². The van der Waals surface area contributed by atoms with Crippen LogP contribution in [-0.4, -0.2) is 26.3 Å². The van der Waals surface area contributed by atoms with E-state index in [4.69, 9.17) is 5.73 Å². The standard InChI is InChI=1S/C15H24N2O2S/c1-11-8-9-14(16)12(2)15(11)20(18,19)17(3)10-13-6-4-5-7-13/h8-9,13H,4-7,10,16H2,1-3H3. The molecule has 1 fully saturated rings. The van der Waals surface area contributed by atoms with Crippen LogP contribution in [-0.2, 0) is 10.0 Å². The summed E-state index contributed by atoms with van der Waals surface area (Å²) in [6.45, 7) is 4.21. The predicted molar refractivity (Wildman–Crippen MR) is 82.1 cm³/mol. The van der Waals surface area contributed by atoms with Crippen LogP contribution < -0.4 is 5.73 Å². The maximum Gasteiger partial charge on any atom is 0.243 e. The highest BCUT2D eigenvalue weighted by atomic mass is 32.2. The van der Waals surface area contributed by atoms with E-state index in [1.165, 1.54) is 17.1 Å². The number of rotatable bonds is 4. The third kappa shape index (κ3) is 2.83. The lowest BCUT2D eigenvalue weighted by Gasteiger charge is -2.23. The fourth-order valence-corrected chi connectivity index (χ4v) is 4.75. The fourth-order valence-electron chi connectivity index (χ4n) is 3.05. The number of nitrogens with two attached hydrogens (primary N) is 1. The molecular weight excluding hydrogens is 272 g/mol. The van der Waals surface area contributed by atoms with E-state index < -0.39 is 10.0 Å². The maximum absolute atomic E-state index is 12.8. The molecule has 0 saturated heterocycles. The highest BCUT2D eigenvalue weighted by molar-refractivity contribution is 7.89. The SMILES string of the molecule is Cc1ccc(N)c(C)c1S(=O)(=O)N(C)CC1CCCC1. The van der Waals surface area contributed by atoms with E-state index >= 15 is 0 Å². The molecule has 0 bridgehead atoms. The summed E-state index contributed by atoms with van der Waals surface area (Å²) in [4.78, 5) is 0.373. The van der Waals surface area contributed by atoms with E-state index in [-0.39, 0.29) is 0 Å². The Kier molecular flexibility index (Phi) is 4.39.